The SMILES string of the molecule is COc1cccc(C#N)c1NC(=O)c1cc(N)cc(Cl)c1. The van der Waals surface area contributed by atoms with Crippen LogP contribution in [0, 0.1) is 11.3 Å². The number of halogens is 1. The van der Waals surface area contributed by atoms with Crippen LogP contribution in [0.25, 0.3) is 0 Å². The van der Waals surface area contributed by atoms with Gasteiger partial charge in [0.15, 0.2) is 0 Å². The summed E-state index contributed by atoms with van der Waals surface area (Å²) < 4.78 is 5.16. The number of carbonyl (C=O) groups is 1. The van der Waals surface area contributed by atoms with Gasteiger partial charge in [0.2, 0.25) is 0 Å². The van der Waals surface area contributed by atoms with Gasteiger partial charge in [-0.2, -0.15) is 5.26 Å². The molecule has 0 bridgehead atoms. The fourth-order valence-electron chi connectivity index (χ4n) is 1.85. The summed E-state index contributed by atoms with van der Waals surface area (Å²) in [6, 6.07) is 11.5. The monoisotopic (exact) mass is 301 g/mol. The van der Waals surface area contributed by atoms with Crippen LogP contribution in [0.3, 0.4) is 0 Å². The average molecular weight is 302 g/mol. The quantitative estimate of drug-likeness (QED) is 0.853. The number of nitrogens with zero attached hydrogens (tertiary/aromatic N) is 1. The van der Waals surface area contributed by atoms with Gasteiger partial charge < -0.3 is 15.8 Å². The molecule has 106 valence electrons. The van der Waals surface area contributed by atoms with Crippen molar-refractivity contribution < 1.29 is 9.53 Å². The summed E-state index contributed by atoms with van der Waals surface area (Å²) in [6.07, 6.45) is 0. The van der Waals surface area contributed by atoms with Crippen molar-refractivity contribution in [1.82, 2.24) is 0 Å². The molecule has 0 aliphatic carbocycles. The second kappa shape index (κ2) is 6.16. The Labute approximate surface area is 126 Å². The van der Waals surface area contributed by atoms with E-state index in [0.717, 1.165) is 0 Å². The molecule has 0 saturated carbocycles. The highest BCUT2D eigenvalue weighted by atomic mass is 35.5. The second-order valence-corrected chi connectivity index (χ2v) is 4.66. The number of carbonyl (C=O) groups excluding carboxylic acids is 1. The first-order chi connectivity index (χ1) is 10.0. The Bertz CT molecular complexity index is 718. The van der Waals surface area contributed by atoms with Crippen LogP contribution in [0.5, 0.6) is 5.75 Å². The standard InChI is InChI=1S/C15H12ClN3O2/c1-21-13-4-2-3-9(8-17)14(13)19-15(20)10-5-11(16)7-12(18)6-10/h2-7H,18H2,1H3,(H,19,20). The van der Waals surface area contributed by atoms with E-state index in [1.807, 2.05) is 6.07 Å². The van der Waals surface area contributed by atoms with Crippen molar-refractivity contribution in [2.24, 2.45) is 0 Å². The molecule has 21 heavy (non-hydrogen) atoms. The summed E-state index contributed by atoms with van der Waals surface area (Å²) in [6.45, 7) is 0. The van der Waals surface area contributed by atoms with E-state index < -0.39 is 5.91 Å². The van der Waals surface area contributed by atoms with E-state index in [4.69, 9.17) is 27.3 Å². The number of nitriles is 1. The molecule has 0 unspecified atom stereocenters. The molecule has 2 rings (SSSR count). The fraction of sp³-hybridized carbons (Fsp3) is 0.0667. The highest BCUT2D eigenvalue weighted by Crippen LogP contribution is 2.28. The first kappa shape index (κ1) is 14.7. The van der Waals surface area contributed by atoms with E-state index in [1.165, 1.54) is 19.2 Å². The number of ether oxygens (including phenoxy) is 1. The summed E-state index contributed by atoms with van der Waals surface area (Å²) >= 11 is 5.88. The van der Waals surface area contributed by atoms with Gasteiger partial charge in [0.05, 0.1) is 12.7 Å². The molecule has 0 aliphatic heterocycles. The first-order valence-electron chi connectivity index (χ1n) is 5.99. The lowest BCUT2D eigenvalue weighted by Crippen LogP contribution is -2.14. The first-order valence-corrected chi connectivity index (χ1v) is 6.37. The molecule has 2 aromatic rings. The van der Waals surface area contributed by atoms with Crippen molar-refractivity contribution in [2.45, 2.75) is 0 Å². The minimum Gasteiger partial charge on any atom is -0.495 e. The summed E-state index contributed by atoms with van der Waals surface area (Å²) in [5.41, 5.74) is 6.96. The van der Waals surface area contributed by atoms with Gasteiger partial charge in [0.1, 0.15) is 17.5 Å². The second-order valence-electron chi connectivity index (χ2n) is 4.22. The molecule has 3 N–H and O–H groups in total. The third-order valence-corrected chi connectivity index (χ3v) is 3.01. The van der Waals surface area contributed by atoms with Gasteiger partial charge in [-0.05, 0) is 30.3 Å². The molecule has 0 aromatic heterocycles. The van der Waals surface area contributed by atoms with Crippen molar-refractivity contribution >= 4 is 28.9 Å². The Morgan fingerprint density at radius 3 is 2.76 bits per heavy atom. The van der Waals surface area contributed by atoms with Gasteiger partial charge >= 0.3 is 0 Å². The van der Waals surface area contributed by atoms with E-state index in [-0.39, 0.29) is 0 Å². The smallest absolute Gasteiger partial charge is 0.255 e. The zero-order valence-electron chi connectivity index (χ0n) is 11.2. The molecule has 0 heterocycles. The van der Waals surface area contributed by atoms with E-state index in [1.54, 1.807) is 24.3 Å². The van der Waals surface area contributed by atoms with Crippen LogP contribution < -0.4 is 15.8 Å². The molecule has 0 atom stereocenters. The van der Waals surface area contributed by atoms with Crippen molar-refractivity contribution in [3.05, 3.63) is 52.5 Å². The molecule has 0 fully saturated rings. The van der Waals surface area contributed by atoms with E-state index in [9.17, 15) is 4.79 Å². The molecule has 2 aromatic carbocycles. The lowest BCUT2D eigenvalue weighted by atomic mass is 10.1. The maximum Gasteiger partial charge on any atom is 0.255 e. The van der Waals surface area contributed by atoms with E-state index >= 15 is 0 Å². The number of hydrogen-bond donors (Lipinski definition) is 2. The Balaban J connectivity index is 2.38. The van der Waals surface area contributed by atoms with Crippen LogP contribution >= 0.6 is 11.6 Å². The van der Waals surface area contributed by atoms with Crippen LogP contribution in [-0.2, 0) is 0 Å². The molecule has 6 heteroatoms. The number of methoxy groups -OCH3 is 1. The molecular weight excluding hydrogens is 290 g/mol. The lowest BCUT2D eigenvalue weighted by molar-refractivity contribution is 0.102. The Kier molecular flexibility index (Phi) is 4.31. The maximum absolute atomic E-state index is 12.3. The topological polar surface area (TPSA) is 88.1 Å². The molecular formula is C15H12ClN3O2. The molecule has 0 radical (unpaired) electrons. The molecule has 0 spiro atoms. The van der Waals surface area contributed by atoms with Crippen LogP contribution in [-0.4, -0.2) is 13.0 Å². The van der Waals surface area contributed by atoms with E-state index in [0.29, 0.717) is 33.3 Å². The van der Waals surface area contributed by atoms with E-state index in [2.05, 4.69) is 5.32 Å². The predicted octanol–water partition coefficient (Wildman–Crippen LogP) is 3.05. The van der Waals surface area contributed by atoms with Gasteiger partial charge in [-0.3, -0.25) is 4.79 Å². The predicted molar refractivity (Wildman–Crippen MR) is 81.5 cm³/mol. The number of nitrogen functional groups attached to an aromatic ring is 1. The van der Waals surface area contributed by atoms with Gasteiger partial charge in [-0.1, -0.05) is 17.7 Å². The van der Waals surface area contributed by atoms with Crippen LogP contribution in [0.4, 0.5) is 11.4 Å². The number of nitrogens with one attached hydrogen (secondary N) is 1. The van der Waals surface area contributed by atoms with Gasteiger partial charge in [-0.15, -0.1) is 0 Å². The summed E-state index contributed by atoms with van der Waals surface area (Å²) in [7, 11) is 1.46. The minimum absolute atomic E-state index is 0.301. The Hall–Kier alpha value is -2.71. The normalized spacial score (nSPS) is 9.76. The molecule has 0 aliphatic rings. The van der Waals surface area contributed by atoms with Crippen molar-refractivity contribution in [1.29, 1.82) is 5.26 Å². The number of rotatable bonds is 3. The Morgan fingerprint density at radius 1 is 1.38 bits per heavy atom. The van der Waals surface area contributed by atoms with Crippen LogP contribution in [0.2, 0.25) is 5.02 Å². The number of amides is 1. The number of para-hydroxylation sites is 1. The number of hydrogen-bond acceptors (Lipinski definition) is 4. The summed E-state index contributed by atoms with van der Waals surface area (Å²) in [5, 5.41) is 12.1. The molecule has 5 nitrogen and oxygen atoms in total. The highest BCUT2D eigenvalue weighted by Gasteiger charge is 2.14. The third kappa shape index (κ3) is 3.25. The van der Waals surface area contributed by atoms with Crippen LogP contribution in [0.15, 0.2) is 36.4 Å². The van der Waals surface area contributed by atoms with Crippen molar-refractivity contribution in [3.8, 4) is 11.8 Å². The number of anilines is 2. The largest absolute Gasteiger partial charge is 0.495 e. The van der Waals surface area contributed by atoms with Gasteiger partial charge in [0.25, 0.3) is 5.91 Å². The summed E-state index contributed by atoms with van der Waals surface area (Å²) in [4.78, 5) is 12.3. The van der Waals surface area contributed by atoms with Gasteiger partial charge in [0, 0.05) is 16.3 Å². The lowest BCUT2D eigenvalue weighted by Gasteiger charge is -2.12. The average Bonchev–Trinajstić information content (AvgIpc) is 2.46. The summed E-state index contributed by atoms with van der Waals surface area (Å²) in [5.74, 6) is -0.0254. The number of benzene rings is 2. The third-order valence-electron chi connectivity index (χ3n) is 2.79. The Morgan fingerprint density at radius 2 is 2.14 bits per heavy atom. The molecule has 0 saturated heterocycles. The minimum atomic E-state index is -0.426. The fourth-order valence-corrected chi connectivity index (χ4v) is 2.10. The highest BCUT2D eigenvalue weighted by molar-refractivity contribution is 6.31. The van der Waals surface area contributed by atoms with Crippen LogP contribution in [0.1, 0.15) is 15.9 Å². The zero-order valence-corrected chi connectivity index (χ0v) is 11.9. The van der Waals surface area contributed by atoms with Crippen molar-refractivity contribution in [3.63, 3.8) is 0 Å². The zero-order chi connectivity index (χ0) is 15.4. The molecule has 1 amide bonds. The number of nitrogens with two attached hydrogens (primary N) is 1. The van der Waals surface area contributed by atoms with Gasteiger partial charge in [-0.25, -0.2) is 0 Å². The van der Waals surface area contributed by atoms with Crippen molar-refractivity contribution in [2.75, 3.05) is 18.2 Å². The maximum atomic E-state index is 12.3.